The number of aliphatic hydroxyl groups is 1. The highest BCUT2D eigenvalue weighted by molar-refractivity contribution is 6.32. The van der Waals surface area contributed by atoms with Crippen LogP contribution in [0.3, 0.4) is 0 Å². The average Bonchev–Trinajstić information content (AvgIpc) is 3.41. The smallest absolute Gasteiger partial charge is 0.416 e. The molecule has 2 atom stereocenters. The molecule has 12 nitrogen and oxygen atoms in total. The molecule has 0 radical (unpaired) electrons. The Morgan fingerprint density at radius 3 is 2.49 bits per heavy atom. The first kappa shape index (κ1) is 28.1. The number of primary amides is 1. The first-order chi connectivity index (χ1) is 18.3. The van der Waals surface area contributed by atoms with Crippen LogP contribution in [0.1, 0.15) is 24.7 Å². The average molecular weight is 587 g/mol. The molecule has 4 rings (SSSR count). The van der Waals surface area contributed by atoms with Gasteiger partial charge in [-0.25, -0.2) is 23.9 Å². The van der Waals surface area contributed by atoms with Crippen LogP contribution in [0.4, 0.5) is 18.0 Å². The zero-order valence-electron chi connectivity index (χ0n) is 19.9. The van der Waals surface area contributed by atoms with Gasteiger partial charge in [-0.15, -0.1) is 10.2 Å². The molecule has 3 aromatic heterocycles. The Labute approximate surface area is 227 Å². The van der Waals surface area contributed by atoms with Crippen LogP contribution in [-0.4, -0.2) is 57.6 Å². The predicted octanol–water partition coefficient (Wildman–Crippen LogP) is 3.12. The molecule has 39 heavy (non-hydrogen) atoms. The summed E-state index contributed by atoms with van der Waals surface area (Å²) in [6.07, 6.45) is -7.11. The number of aliphatic hydroxyl groups excluding tert-OH is 1. The van der Waals surface area contributed by atoms with Crippen LogP contribution in [0.2, 0.25) is 10.0 Å². The van der Waals surface area contributed by atoms with Gasteiger partial charge in [0.1, 0.15) is 6.54 Å². The first-order valence-corrected chi connectivity index (χ1v) is 11.8. The van der Waals surface area contributed by atoms with Crippen LogP contribution in [0.25, 0.3) is 17.1 Å². The normalized spacial score (nSPS) is 13.3. The molecule has 0 saturated carbocycles. The highest BCUT2D eigenvalue weighted by Crippen LogP contribution is 2.26. The van der Waals surface area contributed by atoms with Gasteiger partial charge < -0.3 is 15.6 Å². The van der Waals surface area contributed by atoms with Crippen LogP contribution >= 0.6 is 23.2 Å². The maximum atomic E-state index is 13.2. The topological polar surface area (TPSA) is 156 Å². The number of nitrogens with zero attached hydrogens (tertiary/aromatic N) is 7. The molecule has 0 fully saturated rings. The van der Waals surface area contributed by atoms with Crippen LogP contribution in [-0.2, 0) is 17.8 Å². The number of rotatable bonds is 8. The molecule has 3 heterocycles. The van der Waals surface area contributed by atoms with Crippen molar-refractivity contribution in [2.24, 2.45) is 5.73 Å². The molecule has 0 aliphatic rings. The number of carbonyl (C=O) groups excluding carboxylic acids is 1. The molecule has 17 heteroatoms. The summed E-state index contributed by atoms with van der Waals surface area (Å²) in [5.74, 6) is -0.0967. The van der Waals surface area contributed by atoms with E-state index in [0.717, 1.165) is 4.68 Å². The van der Waals surface area contributed by atoms with Crippen molar-refractivity contribution >= 4 is 29.3 Å². The molecule has 1 aromatic carbocycles. The Balaban J connectivity index is 1.79. The second-order valence-corrected chi connectivity index (χ2v) is 8.99. The minimum atomic E-state index is -4.98. The molecular weight excluding hydrogens is 568 g/mol. The van der Waals surface area contributed by atoms with Gasteiger partial charge in [-0.2, -0.15) is 13.2 Å². The lowest BCUT2D eigenvalue weighted by molar-refractivity contribution is -0.207. The summed E-state index contributed by atoms with van der Waals surface area (Å²) >= 11 is 12.2. The van der Waals surface area contributed by atoms with Crippen molar-refractivity contribution in [2.75, 3.05) is 0 Å². The molecular formula is C22H19Cl2F3N8O4. The van der Waals surface area contributed by atoms with Gasteiger partial charge in [0.25, 0.3) is 0 Å². The Kier molecular flexibility index (Phi) is 7.94. The van der Waals surface area contributed by atoms with Gasteiger partial charge in [-0.1, -0.05) is 23.2 Å². The van der Waals surface area contributed by atoms with Crippen molar-refractivity contribution in [3.05, 3.63) is 74.9 Å². The second-order valence-electron chi connectivity index (χ2n) is 8.14. The predicted molar refractivity (Wildman–Crippen MR) is 131 cm³/mol. The van der Waals surface area contributed by atoms with E-state index in [1.54, 1.807) is 0 Å². The zero-order valence-corrected chi connectivity index (χ0v) is 21.4. The summed E-state index contributed by atoms with van der Waals surface area (Å²) in [6.45, 7) is -0.0355. The third kappa shape index (κ3) is 6.21. The maximum Gasteiger partial charge on any atom is 0.416 e. The SMILES string of the molecule is C[C@H](OC(N)=O)c1nc(Cn2nc(-c3ccc(Cl)cc3)n(C[C@H](O)C(F)(F)F)c2=O)nn1-c1ccncc1Cl. The number of nitrogens with two attached hydrogens (primary N) is 1. The van der Waals surface area contributed by atoms with Gasteiger partial charge >= 0.3 is 18.0 Å². The number of hydrogen-bond acceptors (Lipinski definition) is 8. The number of alkyl halides is 3. The van der Waals surface area contributed by atoms with E-state index in [-0.39, 0.29) is 28.1 Å². The van der Waals surface area contributed by atoms with E-state index in [1.165, 1.54) is 54.3 Å². The molecule has 0 spiro atoms. The number of benzene rings is 1. The quantitative estimate of drug-likeness (QED) is 0.319. The number of pyridine rings is 1. The number of aromatic nitrogens is 7. The highest BCUT2D eigenvalue weighted by atomic mass is 35.5. The summed E-state index contributed by atoms with van der Waals surface area (Å²) in [5, 5.41) is 18.7. The fourth-order valence-corrected chi connectivity index (χ4v) is 3.90. The van der Waals surface area contributed by atoms with Gasteiger partial charge in [0.15, 0.2) is 29.7 Å². The fraction of sp³-hybridized carbons (Fsp3) is 0.273. The Morgan fingerprint density at radius 2 is 1.87 bits per heavy atom. The lowest BCUT2D eigenvalue weighted by Gasteiger charge is -2.15. The monoisotopic (exact) mass is 586 g/mol. The van der Waals surface area contributed by atoms with Crippen molar-refractivity contribution in [3.63, 3.8) is 0 Å². The highest BCUT2D eigenvalue weighted by Gasteiger charge is 2.39. The fourth-order valence-electron chi connectivity index (χ4n) is 3.57. The molecule has 3 N–H and O–H groups in total. The summed E-state index contributed by atoms with van der Waals surface area (Å²) in [7, 11) is 0. The van der Waals surface area contributed by atoms with Gasteiger partial charge in [0.2, 0.25) is 0 Å². The zero-order chi connectivity index (χ0) is 28.5. The van der Waals surface area contributed by atoms with E-state index in [0.29, 0.717) is 15.3 Å². The third-order valence-electron chi connectivity index (χ3n) is 5.36. The number of ether oxygens (including phenoxy) is 1. The number of amides is 1. The number of carbonyl (C=O) groups is 1. The maximum absolute atomic E-state index is 13.2. The van der Waals surface area contributed by atoms with Crippen molar-refractivity contribution < 1.29 is 27.8 Å². The molecule has 0 saturated heterocycles. The third-order valence-corrected chi connectivity index (χ3v) is 5.90. The van der Waals surface area contributed by atoms with Crippen LogP contribution in [0.15, 0.2) is 47.5 Å². The van der Waals surface area contributed by atoms with Crippen molar-refractivity contribution in [1.82, 2.24) is 34.1 Å². The lowest BCUT2D eigenvalue weighted by Crippen LogP contribution is -2.37. The number of hydrogen-bond donors (Lipinski definition) is 2. The van der Waals surface area contributed by atoms with Crippen LogP contribution < -0.4 is 11.4 Å². The standard InChI is InChI=1S/C22H19Cl2F3N8O4/c1-11(39-20(28)37)18-30-17(31-35(18)15-6-7-29-8-14(15)24)10-34-21(38)33(9-16(36)22(25,26)27)19(32-34)12-2-4-13(23)5-3-12/h2-8,11,16,36H,9-10H2,1H3,(H2,28,37)/t11-,16-/m0/s1. The van der Waals surface area contributed by atoms with E-state index in [1.807, 2.05) is 0 Å². The van der Waals surface area contributed by atoms with E-state index in [4.69, 9.17) is 33.7 Å². The van der Waals surface area contributed by atoms with Crippen molar-refractivity contribution in [2.45, 2.75) is 38.4 Å². The Hall–Kier alpha value is -3.95. The molecule has 206 valence electrons. The van der Waals surface area contributed by atoms with Gasteiger partial charge in [0.05, 0.1) is 17.3 Å². The summed E-state index contributed by atoms with van der Waals surface area (Å²) in [4.78, 5) is 32.7. The Morgan fingerprint density at radius 1 is 1.18 bits per heavy atom. The number of halogens is 5. The van der Waals surface area contributed by atoms with Gasteiger partial charge in [-0.05, 0) is 37.3 Å². The van der Waals surface area contributed by atoms with Crippen LogP contribution in [0.5, 0.6) is 0 Å². The minimum absolute atomic E-state index is 0.0245. The Bertz CT molecular complexity index is 1550. The molecule has 0 bridgehead atoms. The van der Waals surface area contributed by atoms with E-state index < -0.39 is 43.3 Å². The summed E-state index contributed by atoms with van der Waals surface area (Å²) in [5.41, 5.74) is 4.75. The minimum Gasteiger partial charge on any atom is -0.438 e. The van der Waals surface area contributed by atoms with Crippen molar-refractivity contribution in [1.29, 1.82) is 0 Å². The lowest BCUT2D eigenvalue weighted by atomic mass is 10.2. The van der Waals surface area contributed by atoms with E-state index in [9.17, 15) is 27.9 Å². The summed E-state index contributed by atoms with van der Waals surface area (Å²) < 4.78 is 47.2. The molecule has 0 unspecified atom stereocenters. The van der Waals surface area contributed by atoms with Gasteiger partial charge in [-0.3, -0.25) is 9.55 Å². The van der Waals surface area contributed by atoms with E-state index in [2.05, 4.69) is 20.2 Å². The first-order valence-electron chi connectivity index (χ1n) is 11.0. The molecule has 4 aromatic rings. The molecule has 0 aliphatic heterocycles. The molecule has 1 amide bonds. The largest absolute Gasteiger partial charge is 0.438 e. The molecule has 0 aliphatic carbocycles. The van der Waals surface area contributed by atoms with Crippen LogP contribution in [0, 0.1) is 0 Å². The van der Waals surface area contributed by atoms with Gasteiger partial charge in [0, 0.05) is 23.0 Å². The second kappa shape index (κ2) is 11.0. The summed E-state index contributed by atoms with van der Waals surface area (Å²) in [6, 6.07) is 7.38. The van der Waals surface area contributed by atoms with Crippen molar-refractivity contribution in [3.8, 4) is 17.1 Å². The van der Waals surface area contributed by atoms with E-state index >= 15 is 0 Å².